The van der Waals surface area contributed by atoms with E-state index in [2.05, 4.69) is 5.32 Å². The quantitative estimate of drug-likeness (QED) is 0.750. The van der Waals surface area contributed by atoms with Crippen LogP contribution in [0.2, 0.25) is 0 Å². The Balaban J connectivity index is 1.89. The van der Waals surface area contributed by atoms with Gasteiger partial charge in [0.25, 0.3) is 5.91 Å². The molecule has 1 N–H and O–H groups in total. The van der Waals surface area contributed by atoms with Crippen molar-refractivity contribution in [1.29, 1.82) is 0 Å². The zero-order valence-corrected chi connectivity index (χ0v) is 17.2. The first-order valence-corrected chi connectivity index (χ1v) is 10.9. The van der Waals surface area contributed by atoms with Gasteiger partial charge in [-0.15, -0.1) is 0 Å². The fourth-order valence-corrected chi connectivity index (χ4v) is 5.07. The minimum atomic E-state index is -3.62. The van der Waals surface area contributed by atoms with Crippen molar-refractivity contribution in [3.8, 4) is 0 Å². The molecule has 2 aliphatic heterocycles. The third kappa shape index (κ3) is 3.66. The summed E-state index contributed by atoms with van der Waals surface area (Å²) in [7, 11) is -1.97. The van der Waals surface area contributed by atoms with Gasteiger partial charge >= 0.3 is 0 Å². The van der Waals surface area contributed by atoms with Crippen LogP contribution in [-0.4, -0.2) is 73.6 Å². The molecule has 154 valence electrons. The van der Waals surface area contributed by atoms with Gasteiger partial charge in [-0.05, 0) is 19.4 Å². The van der Waals surface area contributed by atoms with E-state index in [0.717, 1.165) is 5.56 Å². The summed E-state index contributed by atoms with van der Waals surface area (Å²) in [4.78, 5) is 27.5. The molecule has 2 fully saturated rings. The molecule has 28 heavy (non-hydrogen) atoms. The molecule has 0 aliphatic carbocycles. The van der Waals surface area contributed by atoms with Gasteiger partial charge in [-0.3, -0.25) is 9.59 Å². The van der Waals surface area contributed by atoms with E-state index in [-0.39, 0.29) is 25.6 Å². The average molecular weight is 410 g/mol. The molecule has 9 heteroatoms. The minimum Gasteiger partial charge on any atom is -0.361 e. The Kier molecular flexibility index (Phi) is 5.79. The number of amides is 2. The Morgan fingerprint density at radius 3 is 2.64 bits per heavy atom. The first kappa shape index (κ1) is 20.8. The predicted octanol–water partition coefficient (Wildman–Crippen LogP) is 0.200. The first-order valence-electron chi connectivity index (χ1n) is 9.38. The zero-order valence-electron chi connectivity index (χ0n) is 16.4. The number of carbonyl (C=O) groups is 2. The second-order valence-corrected chi connectivity index (χ2v) is 10.1. The van der Waals surface area contributed by atoms with Crippen molar-refractivity contribution in [2.75, 3.05) is 33.3 Å². The van der Waals surface area contributed by atoms with E-state index in [4.69, 9.17) is 4.74 Å². The number of nitrogens with zero attached hydrogens (tertiary/aromatic N) is 2. The van der Waals surface area contributed by atoms with Crippen molar-refractivity contribution >= 4 is 21.8 Å². The lowest BCUT2D eigenvalue weighted by Gasteiger charge is -2.37. The third-order valence-electron chi connectivity index (χ3n) is 5.38. The fourth-order valence-electron chi connectivity index (χ4n) is 3.75. The summed E-state index contributed by atoms with van der Waals surface area (Å²) < 4.78 is 32.5. The third-order valence-corrected chi connectivity index (χ3v) is 7.57. The van der Waals surface area contributed by atoms with Crippen LogP contribution in [0.3, 0.4) is 0 Å². The van der Waals surface area contributed by atoms with Crippen LogP contribution in [0, 0.1) is 5.92 Å². The lowest BCUT2D eigenvalue weighted by Crippen LogP contribution is -2.62. The van der Waals surface area contributed by atoms with Crippen molar-refractivity contribution in [1.82, 2.24) is 14.5 Å². The van der Waals surface area contributed by atoms with Crippen LogP contribution in [0.15, 0.2) is 30.3 Å². The molecular weight excluding hydrogens is 382 g/mol. The van der Waals surface area contributed by atoms with E-state index in [1.54, 1.807) is 20.9 Å². The monoisotopic (exact) mass is 409 g/mol. The van der Waals surface area contributed by atoms with Crippen molar-refractivity contribution in [3.63, 3.8) is 0 Å². The molecule has 0 saturated carbocycles. The maximum absolute atomic E-state index is 13.3. The van der Waals surface area contributed by atoms with E-state index in [9.17, 15) is 18.0 Å². The molecular formula is C19H27N3O5S. The van der Waals surface area contributed by atoms with Gasteiger partial charge in [0.15, 0.2) is 5.60 Å². The van der Waals surface area contributed by atoms with Crippen molar-refractivity contribution in [3.05, 3.63) is 35.9 Å². The molecule has 1 spiro atoms. The van der Waals surface area contributed by atoms with E-state index in [0.29, 0.717) is 13.1 Å². The molecule has 1 aromatic rings. The molecule has 8 nitrogen and oxygen atoms in total. The number of nitrogens with one attached hydrogen (secondary N) is 1. The Bertz CT molecular complexity index is 842. The number of hydrogen-bond acceptors (Lipinski definition) is 5. The van der Waals surface area contributed by atoms with Gasteiger partial charge in [0, 0.05) is 26.7 Å². The van der Waals surface area contributed by atoms with Crippen LogP contribution in [0.1, 0.15) is 19.4 Å². The number of rotatable bonds is 5. The lowest BCUT2D eigenvalue weighted by molar-refractivity contribution is -0.166. The van der Waals surface area contributed by atoms with Crippen LogP contribution in [-0.2, 0) is 30.9 Å². The van der Waals surface area contributed by atoms with Gasteiger partial charge in [-0.1, -0.05) is 30.3 Å². The van der Waals surface area contributed by atoms with Crippen LogP contribution >= 0.6 is 0 Å². The number of carbonyl (C=O) groups excluding carboxylic acids is 2. The zero-order chi connectivity index (χ0) is 20.5. The molecule has 2 atom stereocenters. The summed E-state index contributed by atoms with van der Waals surface area (Å²) in [5, 5.41) is 2.09. The molecule has 0 bridgehead atoms. The molecule has 2 amide bonds. The SMILES string of the molecule is CC(C)S(=O)(=O)N1C[C@H](C(=O)N(C)Cc2ccccc2)[C@@]2(C1)OCCNC2=O. The summed E-state index contributed by atoms with van der Waals surface area (Å²) in [5.41, 5.74) is -0.534. The highest BCUT2D eigenvalue weighted by Gasteiger charge is 2.60. The minimum absolute atomic E-state index is 0.0636. The maximum Gasteiger partial charge on any atom is 0.254 e. The highest BCUT2D eigenvalue weighted by molar-refractivity contribution is 7.89. The molecule has 0 radical (unpaired) electrons. The van der Waals surface area contributed by atoms with Gasteiger partial charge in [-0.2, -0.15) is 4.31 Å². The smallest absolute Gasteiger partial charge is 0.254 e. The van der Waals surface area contributed by atoms with Gasteiger partial charge < -0.3 is 15.0 Å². The summed E-state index contributed by atoms with van der Waals surface area (Å²) >= 11 is 0. The Morgan fingerprint density at radius 1 is 1.36 bits per heavy atom. The number of benzene rings is 1. The van der Waals surface area contributed by atoms with E-state index in [1.807, 2.05) is 30.3 Å². The Morgan fingerprint density at radius 2 is 2.04 bits per heavy atom. The summed E-state index contributed by atoms with van der Waals surface area (Å²) in [5.74, 6) is -1.62. The number of morpholine rings is 1. The fraction of sp³-hybridized carbons (Fsp3) is 0.579. The summed E-state index contributed by atoms with van der Waals surface area (Å²) in [6.07, 6.45) is 0. The van der Waals surface area contributed by atoms with E-state index >= 15 is 0 Å². The molecule has 0 unspecified atom stereocenters. The van der Waals surface area contributed by atoms with Crippen molar-refractivity contribution in [2.45, 2.75) is 31.2 Å². The summed E-state index contributed by atoms with van der Waals surface area (Å²) in [6.45, 7) is 3.92. The maximum atomic E-state index is 13.3. The molecule has 3 rings (SSSR count). The largest absolute Gasteiger partial charge is 0.361 e. The molecule has 2 saturated heterocycles. The second-order valence-electron chi connectivity index (χ2n) is 7.61. The molecule has 0 aromatic heterocycles. The highest BCUT2D eigenvalue weighted by atomic mass is 32.2. The molecule has 1 aromatic carbocycles. The number of ether oxygens (including phenoxy) is 1. The predicted molar refractivity (Wildman–Crippen MR) is 104 cm³/mol. The van der Waals surface area contributed by atoms with Gasteiger partial charge in [0.05, 0.1) is 24.3 Å². The van der Waals surface area contributed by atoms with Crippen molar-refractivity contribution < 1.29 is 22.7 Å². The average Bonchev–Trinajstić information content (AvgIpc) is 3.05. The second kappa shape index (κ2) is 7.81. The Hall–Kier alpha value is -1.97. The number of sulfonamides is 1. The van der Waals surface area contributed by atoms with Crippen molar-refractivity contribution in [2.24, 2.45) is 5.92 Å². The van der Waals surface area contributed by atoms with Gasteiger partial charge in [0.1, 0.15) is 0 Å². The normalized spacial score (nSPS) is 25.9. The van der Waals surface area contributed by atoms with Crippen LogP contribution in [0.4, 0.5) is 0 Å². The topological polar surface area (TPSA) is 96.0 Å². The van der Waals surface area contributed by atoms with Gasteiger partial charge in [0.2, 0.25) is 15.9 Å². The molecule has 2 heterocycles. The van der Waals surface area contributed by atoms with E-state index < -0.39 is 32.7 Å². The van der Waals surface area contributed by atoms with E-state index in [1.165, 1.54) is 9.21 Å². The van der Waals surface area contributed by atoms with Crippen LogP contribution in [0.25, 0.3) is 0 Å². The first-order chi connectivity index (χ1) is 13.2. The van der Waals surface area contributed by atoms with Crippen LogP contribution in [0.5, 0.6) is 0 Å². The lowest BCUT2D eigenvalue weighted by atomic mass is 9.87. The van der Waals surface area contributed by atoms with Gasteiger partial charge in [-0.25, -0.2) is 8.42 Å². The molecule has 2 aliphatic rings. The van der Waals surface area contributed by atoms with Crippen LogP contribution < -0.4 is 5.32 Å². The highest BCUT2D eigenvalue weighted by Crippen LogP contribution is 2.36. The number of hydrogen-bond donors (Lipinski definition) is 1. The Labute approximate surface area is 165 Å². The standard InChI is InChI=1S/C19H27N3O5S/c1-14(2)28(25,26)22-12-16(19(13-22)18(24)20-9-10-27-19)17(23)21(3)11-15-7-5-4-6-8-15/h4-8,14,16H,9-13H2,1-3H3,(H,20,24)/t16-,19-/m1/s1. The summed E-state index contributed by atoms with van der Waals surface area (Å²) in [6, 6.07) is 9.49.